The Balaban J connectivity index is 3.52. The van der Waals surface area contributed by atoms with Gasteiger partial charge in [0.25, 0.3) is 0 Å². The summed E-state index contributed by atoms with van der Waals surface area (Å²) in [5, 5.41) is 23.2. The summed E-state index contributed by atoms with van der Waals surface area (Å²) in [7, 11) is 0. The van der Waals surface area contributed by atoms with Gasteiger partial charge < -0.3 is 20.3 Å². The molecule has 6 nitrogen and oxygen atoms in total. The molecule has 0 aliphatic carbocycles. The van der Waals surface area contributed by atoms with Gasteiger partial charge in [-0.05, 0) is 64.2 Å². The lowest BCUT2D eigenvalue weighted by molar-refractivity contribution is -0.143. The fourth-order valence-corrected chi connectivity index (χ4v) is 9.45. The smallest absolute Gasteiger partial charge is 0.305 e. The summed E-state index contributed by atoms with van der Waals surface area (Å²) < 4.78 is 5.47. The second-order valence-electron chi connectivity index (χ2n) is 21.1. The van der Waals surface area contributed by atoms with Gasteiger partial charge in [-0.3, -0.25) is 9.59 Å². The zero-order valence-corrected chi connectivity index (χ0v) is 46.3. The van der Waals surface area contributed by atoms with Gasteiger partial charge in [-0.1, -0.05) is 288 Å². The number of aliphatic hydroxyl groups is 2. The monoisotopic (exact) mass is 970 g/mol. The van der Waals surface area contributed by atoms with Crippen LogP contribution in [0.3, 0.4) is 0 Å². The number of carbonyl (C=O) groups excluding carboxylic acids is 2. The molecular weight excluding hydrogens is 851 g/mol. The van der Waals surface area contributed by atoms with E-state index >= 15 is 0 Å². The van der Waals surface area contributed by atoms with E-state index in [1.54, 1.807) is 6.08 Å². The molecule has 0 aromatic heterocycles. The van der Waals surface area contributed by atoms with Crippen molar-refractivity contribution in [3.8, 4) is 0 Å². The lowest BCUT2D eigenvalue weighted by Gasteiger charge is -2.20. The number of rotatable bonds is 57. The number of hydrogen-bond donors (Lipinski definition) is 3. The molecular formula is C63H119NO5. The number of hydrogen-bond acceptors (Lipinski definition) is 5. The quantitative estimate of drug-likeness (QED) is 0.0244. The summed E-state index contributed by atoms with van der Waals surface area (Å²) in [6, 6.07) is -0.645. The Labute approximate surface area is 430 Å². The fraction of sp³-hybridized carbons (Fsp3) is 0.873. The van der Waals surface area contributed by atoms with E-state index in [1.165, 1.54) is 225 Å². The third kappa shape index (κ3) is 55.2. The first-order valence-electron chi connectivity index (χ1n) is 30.8. The third-order valence-corrected chi connectivity index (χ3v) is 14.2. The summed E-state index contributed by atoms with van der Waals surface area (Å²) in [5.74, 6) is -0.106. The third-order valence-electron chi connectivity index (χ3n) is 14.2. The molecule has 0 spiro atoms. The zero-order valence-electron chi connectivity index (χ0n) is 46.3. The number of esters is 1. The minimum atomic E-state index is -0.860. The van der Waals surface area contributed by atoms with Crippen molar-refractivity contribution in [2.75, 3.05) is 13.2 Å². The van der Waals surface area contributed by atoms with Crippen molar-refractivity contribution >= 4 is 11.9 Å². The summed E-state index contributed by atoms with van der Waals surface area (Å²) in [4.78, 5) is 24.6. The van der Waals surface area contributed by atoms with Gasteiger partial charge in [-0.15, -0.1) is 0 Å². The average molecular weight is 971 g/mol. The van der Waals surface area contributed by atoms with Crippen molar-refractivity contribution in [2.45, 2.75) is 341 Å². The average Bonchev–Trinajstić information content (AvgIpc) is 3.35. The van der Waals surface area contributed by atoms with E-state index in [-0.39, 0.29) is 18.5 Å². The lowest BCUT2D eigenvalue weighted by atomic mass is 10.0. The summed E-state index contributed by atoms with van der Waals surface area (Å²) in [6.45, 7) is 4.87. The Kier molecular flexibility index (Phi) is 57.0. The summed E-state index contributed by atoms with van der Waals surface area (Å²) in [5.41, 5.74) is 0. The van der Waals surface area contributed by atoms with E-state index in [4.69, 9.17) is 4.74 Å². The number of amides is 1. The van der Waals surface area contributed by atoms with Gasteiger partial charge in [0.2, 0.25) is 5.91 Å². The number of aliphatic hydroxyl groups excluding tert-OH is 2. The second-order valence-corrected chi connectivity index (χ2v) is 21.1. The molecule has 0 aromatic carbocycles. The molecule has 0 fully saturated rings. The van der Waals surface area contributed by atoms with E-state index in [0.717, 1.165) is 77.0 Å². The SMILES string of the molecule is CCCCCCCCCCCCCCCCCCC/C=C/C(O)C(CO)NC(=O)CCCCCCCC/C=C\C=C/CCCCCOC(=O)CCCCCCCCCCCCCCCCCCCC. The van der Waals surface area contributed by atoms with Gasteiger partial charge in [0.1, 0.15) is 0 Å². The van der Waals surface area contributed by atoms with Crippen LogP contribution in [0, 0.1) is 0 Å². The highest BCUT2D eigenvalue weighted by Crippen LogP contribution is 2.17. The molecule has 0 rings (SSSR count). The molecule has 0 bridgehead atoms. The van der Waals surface area contributed by atoms with Crippen molar-refractivity contribution < 1.29 is 24.5 Å². The highest BCUT2D eigenvalue weighted by atomic mass is 16.5. The molecule has 0 saturated carbocycles. The standard InChI is InChI=1S/C63H119NO5/c1-3-5-7-9-11-13-15-17-19-21-23-24-27-31-35-39-43-47-51-55-61(66)60(59-65)64-62(67)56-52-48-44-40-36-32-28-26-30-34-38-42-46-50-54-58-69-63(68)57-53-49-45-41-37-33-29-25-22-20-18-16-14-12-10-8-6-4-2/h26,30,34,38,51,55,60-61,65-66H,3-25,27-29,31-33,35-37,39-50,52-54,56-59H2,1-2H3,(H,64,67)/b30-26-,38-34-,55-51+. The Hall–Kier alpha value is -1.92. The molecule has 0 aliphatic rings. The van der Waals surface area contributed by atoms with Crippen LogP contribution in [0.15, 0.2) is 36.5 Å². The molecule has 0 heterocycles. The molecule has 0 saturated heterocycles. The highest BCUT2D eigenvalue weighted by Gasteiger charge is 2.18. The maximum atomic E-state index is 12.5. The summed E-state index contributed by atoms with van der Waals surface area (Å²) >= 11 is 0. The fourth-order valence-electron chi connectivity index (χ4n) is 9.45. The molecule has 0 radical (unpaired) electrons. The van der Waals surface area contributed by atoms with Crippen molar-refractivity contribution in [1.29, 1.82) is 0 Å². The molecule has 0 aromatic rings. The molecule has 2 atom stereocenters. The van der Waals surface area contributed by atoms with Crippen molar-refractivity contribution in [3.63, 3.8) is 0 Å². The summed E-state index contributed by atoms with van der Waals surface area (Å²) in [6.07, 6.45) is 73.2. The van der Waals surface area contributed by atoms with Crippen molar-refractivity contribution in [3.05, 3.63) is 36.5 Å². The molecule has 406 valence electrons. The Bertz CT molecular complexity index is 1120. The number of ether oxygens (including phenoxy) is 1. The first kappa shape index (κ1) is 67.1. The molecule has 1 amide bonds. The zero-order chi connectivity index (χ0) is 50.0. The normalized spacial score (nSPS) is 12.8. The van der Waals surface area contributed by atoms with Crippen LogP contribution in [0.25, 0.3) is 0 Å². The van der Waals surface area contributed by atoms with Crippen LogP contribution in [0.2, 0.25) is 0 Å². The molecule has 6 heteroatoms. The van der Waals surface area contributed by atoms with Gasteiger partial charge in [0, 0.05) is 12.8 Å². The van der Waals surface area contributed by atoms with Crippen molar-refractivity contribution in [1.82, 2.24) is 5.32 Å². The van der Waals surface area contributed by atoms with Gasteiger partial charge in [0.05, 0.1) is 25.4 Å². The van der Waals surface area contributed by atoms with E-state index in [1.807, 2.05) is 6.08 Å². The second kappa shape index (κ2) is 58.6. The minimum Gasteiger partial charge on any atom is -0.466 e. The highest BCUT2D eigenvalue weighted by molar-refractivity contribution is 5.76. The van der Waals surface area contributed by atoms with Gasteiger partial charge in [0.15, 0.2) is 0 Å². The van der Waals surface area contributed by atoms with Crippen LogP contribution in [-0.4, -0.2) is 47.4 Å². The van der Waals surface area contributed by atoms with E-state index in [0.29, 0.717) is 19.4 Å². The van der Waals surface area contributed by atoms with Gasteiger partial charge in [-0.25, -0.2) is 0 Å². The van der Waals surface area contributed by atoms with Crippen LogP contribution in [-0.2, 0) is 14.3 Å². The van der Waals surface area contributed by atoms with Crippen LogP contribution < -0.4 is 5.32 Å². The van der Waals surface area contributed by atoms with E-state index in [9.17, 15) is 19.8 Å². The molecule has 2 unspecified atom stereocenters. The van der Waals surface area contributed by atoms with Crippen LogP contribution in [0.4, 0.5) is 0 Å². The van der Waals surface area contributed by atoms with Crippen LogP contribution >= 0.6 is 0 Å². The number of allylic oxidation sites excluding steroid dienone is 5. The molecule has 0 aliphatic heterocycles. The van der Waals surface area contributed by atoms with Crippen LogP contribution in [0.5, 0.6) is 0 Å². The molecule has 69 heavy (non-hydrogen) atoms. The lowest BCUT2D eigenvalue weighted by Crippen LogP contribution is -2.45. The predicted molar refractivity (Wildman–Crippen MR) is 301 cm³/mol. The Morgan fingerprint density at radius 1 is 0.406 bits per heavy atom. The molecule has 3 N–H and O–H groups in total. The van der Waals surface area contributed by atoms with Crippen molar-refractivity contribution in [2.24, 2.45) is 0 Å². The Morgan fingerprint density at radius 3 is 1.07 bits per heavy atom. The Morgan fingerprint density at radius 2 is 0.710 bits per heavy atom. The van der Waals surface area contributed by atoms with E-state index < -0.39 is 12.1 Å². The topological polar surface area (TPSA) is 95.9 Å². The maximum Gasteiger partial charge on any atom is 0.305 e. The first-order chi connectivity index (χ1) is 34.0. The largest absolute Gasteiger partial charge is 0.466 e. The maximum absolute atomic E-state index is 12.5. The van der Waals surface area contributed by atoms with Gasteiger partial charge in [-0.2, -0.15) is 0 Å². The predicted octanol–water partition coefficient (Wildman–Crippen LogP) is 19.2. The number of unbranched alkanes of at least 4 members (excludes halogenated alkanes) is 43. The first-order valence-corrected chi connectivity index (χ1v) is 30.8. The van der Waals surface area contributed by atoms with E-state index in [2.05, 4.69) is 43.5 Å². The minimum absolute atomic E-state index is 0.0182. The van der Waals surface area contributed by atoms with Crippen LogP contribution in [0.1, 0.15) is 328 Å². The number of carbonyl (C=O) groups is 2. The number of nitrogens with one attached hydrogen (secondary N) is 1. The van der Waals surface area contributed by atoms with Gasteiger partial charge >= 0.3 is 5.97 Å².